The van der Waals surface area contributed by atoms with Crippen molar-refractivity contribution >= 4 is 17.6 Å². The third-order valence-corrected chi connectivity index (χ3v) is 5.32. The third-order valence-electron chi connectivity index (χ3n) is 5.32. The molecule has 0 bridgehead atoms. The number of hydrogen-bond donors (Lipinski definition) is 1. The van der Waals surface area contributed by atoms with E-state index in [2.05, 4.69) is 24.3 Å². The van der Waals surface area contributed by atoms with Gasteiger partial charge in [-0.1, -0.05) is 50.2 Å². The van der Waals surface area contributed by atoms with Crippen LogP contribution in [-0.4, -0.2) is 27.8 Å². The lowest BCUT2D eigenvalue weighted by Gasteiger charge is -2.19. The van der Waals surface area contributed by atoms with Gasteiger partial charge in [-0.25, -0.2) is 9.48 Å². The fourth-order valence-electron chi connectivity index (χ4n) is 3.60. The van der Waals surface area contributed by atoms with Gasteiger partial charge >= 0.3 is 5.97 Å². The average molecular weight is 420 g/mol. The highest BCUT2D eigenvalue weighted by atomic mass is 16.5. The van der Waals surface area contributed by atoms with Crippen molar-refractivity contribution in [1.82, 2.24) is 9.78 Å². The summed E-state index contributed by atoms with van der Waals surface area (Å²) < 4.78 is 7.22. The number of rotatable bonds is 6. The van der Waals surface area contributed by atoms with E-state index in [1.165, 1.54) is 0 Å². The number of nitrogens with zero attached hydrogens (tertiary/aromatic N) is 2. The normalized spacial score (nSPS) is 12.0. The molecule has 31 heavy (non-hydrogen) atoms. The topological polar surface area (TPSA) is 73.2 Å². The molecule has 1 atom stereocenters. The van der Waals surface area contributed by atoms with Crippen molar-refractivity contribution in [3.05, 3.63) is 76.6 Å². The molecule has 0 spiro atoms. The van der Waals surface area contributed by atoms with Gasteiger partial charge in [0.2, 0.25) is 0 Å². The van der Waals surface area contributed by atoms with E-state index in [0.29, 0.717) is 17.0 Å². The Balaban J connectivity index is 1.78. The number of nitrogens with one attached hydrogen (secondary N) is 1. The number of aromatic nitrogens is 2. The molecule has 1 aromatic heterocycles. The number of carbonyl (C=O) groups excluding carboxylic acids is 2. The van der Waals surface area contributed by atoms with Crippen molar-refractivity contribution in [2.24, 2.45) is 0 Å². The highest BCUT2D eigenvalue weighted by Crippen LogP contribution is 2.28. The van der Waals surface area contributed by atoms with Gasteiger partial charge < -0.3 is 10.1 Å². The van der Waals surface area contributed by atoms with E-state index in [4.69, 9.17) is 4.74 Å². The van der Waals surface area contributed by atoms with Crippen LogP contribution in [0.1, 0.15) is 59.6 Å². The molecule has 0 radical (unpaired) electrons. The second-order valence-corrected chi connectivity index (χ2v) is 8.02. The summed E-state index contributed by atoms with van der Waals surface area (Å²) in [6.45, 7) is 11.2. The van der Waals surface area contributed by atoms with E-state index in [9.17, 15) is 9.59 Å². The van der Waals surface area contributed by atoms with Crippen LogP contribution in [0, 0.1) is 20.8 Å². The summed E-state index contributed by atoms with van der Waals surface area (Å²) >= 11 is 0. The lowest BCUT2D eigenvalue weighted by Crippen LogP contribution is -2.31. The minimum atomic E-state index is -0.953. The Morgan fingerprint density at radius 3 is 2.29 bits per heavy atom. The van der Waals surface area contributed by atoms with E-state index in [1.54, 1.807) is 18.5 Å². The molecule has 0 saturated carbocycles. The summed E-state index contributed by atoms with van der Waals surface area (Å²) in [7, 11) is 0. The molecule has 162 valence electrons. The summed E-state index contributed by atoms with van der Waals surface area (Å²) in [6.07, 6.45) is -0.953. The highest BCUT2D eigenvalue weighted by molar-refractivity contribution is 5.99. The standard InChI is InChI=1S/C25H29N3O3/c1-15(2)21-14-10-11-16(3)23(21)26-24(29)19(6)31-25(30)22-17(4)27-28(18(22)5)20-12-8-7-9-13-20/h7-15,19H,1-6H3,(H,26,29)/t19-/m0/s1. The minimum Gasteiger partial charge on any atom is -0.449 e. The van der Waals surface area contributed by atoms with Crippen LogP contribution in [0.25, 0.3) is 5.69 Å². The second-order valence-electron chi connectivity index (χ2n) is 8.02. The van der Waals surface area contributed by atoms with Crippen molar-refractivity contribution < 1.29 is 14.3 Å². The molecule has 0 aliphatic rings. The predicted molar refractivity (Wildman–Crippen MR) is 122 cm³/mol. The van der Waals surface area contributed by atoms with Crippen molar-refractivity contribution in [3.63, 3.8) is 0 Å². The molecule has 0 aliphatic carbocycles. The smallest absolute Gasteiger partial charge is 0.342 e. The Kier molecular flexibility index (Phi) is 6.59. The number of hydrogen-bond acceptors (Lipinski definition) is 4. The minimum absolute atomic E-state index is 0.252. The van der Waals surface area contributed by atoms with Crippen LogP contribution >= 0.6 is 0 Å². The number of para-hydroxylation sites is 2. The average Bonchev–Trinajstić information content (AvgIpc) is 3.03. The molecule has 0 fully saturated rings. The first-order chi connectivity index (χ1) is 14.7. The van der Waals surface area contributed by atoms with Crippen LogP contribution in [0.2, 0.25) is 0 Å². The predicted octanol–water partition coefficient (Wildman–Crippen LogP) is 5.10. The van der Waals surface area contributed by atoms with Gasteiger partial charge in [-0.05, 0) is 56.9 Å². The zero-order chi connectivity index (χ0) is 22.7. The largest absolute Gasteiger partial charge is 0.449 e. The van der Waals surface area contributed by atoms with Crippen LogP contribution in [0.4, 0.5) is 5.69 Å². The molecule has 0 aliphatic heterocycles. The quantitative estimate of drug-likeness (QED) is 0.564. The lowest BCUT2D eigenvalue weighted by atomic mass is 9.98. The molecule has 0 saturated heterocycles. The third kappa shape index (κ3) is 4.68. The molecule has 3 aromatic rings. The maximum Gasteiger partial charge on any atom is 0.342 e. The van der Waals surface area contributed by atoms with Gasteiger partial charge in [-0.15, -0.1) is 0 Å². The molecule has 6 heteroatoms. The molecule has 1 N–H and O–H groups in total. The summed E-state index contributed by atoms with van der Waals surface area (Å²) in [5, 5.41) is 7.42. The van der Waals surface area contributed by atoms with Crippen molar-refractivity contribution in [1.29, 1.82) is 0 Å². The number of esters is 1. The summed E-state index contributed by atoms with van der Waals surface area (Å²) in [5.41, 5.74) is 5.24. The number of anilines is 1. The Morgan fingerprint density at radius 1 is 0.968 bits per heavy atom. The Morgan fingerprint density at radius 2 is 1.65 bits per heavy atom. The summed E-state index contributed by atoms with van der Waals surface area (Å²) in [5.74, 6) is -0.675. The first-order valence-electron chi connectivity index (χ1n) is 10.4. The molecule has 1 amide bonds. The fraction of sp³-hybridized carbons (Fsp3) is 0.320. The Labute approximate surface area is 183 Å². The molecular weight excluding hydrogens is 390 g/mol. The molecule has 6 nitrogen and oxygen atoms in total. The number of benzene rings is 2. The van der Waals surface area contributed by atoms with E-state index < -0.39 is 12.1 Å². The lowest BCUT2D eigenvalue weighted by molar-refractivity contribution is -0.123. The monoisotopic (exact) mass is 419 g/mol. The second kappa shape index (κ2) is 9.16. The number of amides is 1. The zero-order valence-corrected chi connectivity index (χ0v) is 18.9. The van der Waals surface area contributed by atoms with Gasteiger partial charge in [0.05, 0.1) is 17.1 Å². The molecule has 2 aromatic carbocycles. The van der Waals surface area contributed by atoms with E-state index in [0.717, 1.165) is 22.5 Å². The van der Waals surface area contributed by atoms with Crippen LogP contribution in [-0.2, 0) is 9.53 Å². The van der Waals surface area contributed by atoms with Gasteiger partial charge in [0.15, 0.2) is 6.10 Å². The Hall–Kier alpha value is -3.41. The molecule has 3 rings (SSSR count). The Bertz CT molecular complexity index is 1100. The van der Waals surface area contributed by atoms with Crippen LogP contribution in [0.5, 0.6) is 0 Å². The highest BCUT2D eigenvalue weighted by Gasteiger charge is 2.26. The maximum absolute atomic E-state index is 12.9. The van der Waals surface area contributed by atoms with Crippen molar-refractivity contribution in [2.75, 3.05) is 5.32 Å². The zero-order valence-electron chi connectivity index (χ0n) is 18.9. The van der Waals surface area contributed by atoms with E-state index in [1.807, 2.05) is 62.4 Å². The number of carbonyl (C=O) groups is 2. The first kappa shape index (κ1) is 22.3. The maximum atomic E-state index is 12.9. The number of ether oxygens (including phenoxy) is 1. The van der Waals surface area contributed by atoms with Crippen molar-refractivity contribution in [2.45, 2.75) is 53.6 Å². The van der Waals surface area contributed by atoms with Gasteiger partial charge in [-0.3, -0.25) is 4.79 Å². The van der Waals surface area contributed by atoms with E-state index >= 15 is 0 Å². The van der Waals surface area contributed by atoms with Crippen LogP contribution in [0.15, 0.2) is 48.5 Å². The van der Waals surface area contributed by atoms with Gasteiger partial charge in [0.1, 0.15) is 5.56 Å². The van der Waals surface area contributed by atoms with Gasteiger partial charge in [-0.2, -0.15) is 5.10 Å². The first-order valence-corrected chi connectivity index (χ1v) is 10.4. The molecular formula is C25H29N3O3. The fourth-order valence-corrected chi connectivity index (χ4v) is 3.60. The number of aryl methyl sites for hydroxylation is 2. The van der Waals surface area contributed by atoms with Gasteiger partial charge in [0, 0.05) is 5.69 Å². The summed E-state index contributed by atoms with van der Waals surface area (Å²) in [4.78, 5) is 25.7. The SMILES string of the molecule is Cc1cccc(C(C)C)c1NC(=O)[C@H](C)OC(=O)c1c(C)nn(-c2ccccc2)c1C. The molecule has 1 heterocycles. The molecule has 0 unspecified atom stereocenters. The summed E-state index contributed by atoms with van der Waals surface area (Å²) in [6, 6.07) is 15.5. The van der Waals surface area contributed by atoms with Crippen LogP contribution < -0.4 is 5.32 Å². The van der Waals surface area contributed by atoms with Crippen LogP contribution in [0.3, 0.4) is 0 Å². The van der Waals surface area contributed by atoms with Crippen molar-refractivity contribution in [3.8, 4) is 5.69 Å². The van der Waals surface area contributed by atoms with Gasteiger partial charge in [0.25, 0.3) is 5.91 Å². The van der Waals surface area contributed by atoms with E-state index in [-0.39, 0.29) is 11.8 Å².